The molecule has 0 aliphatic carbocycles. The zero-order chi connectivity index (χ0) is 16.9. The normalized spacial score (nSPS) is 11.3. The largest absolute Gasteiger partial charge is 0.493 e. The van der Waals surface area contributed by atoms with Gasteiger partial charge in [-0.05, 0) is 30.4 Å². The number of ether oxygens (including phenoxy) is 2. The van der Waals surface area contributed by atoms with E-state index >= 15 is 0 Å². The molecule has 0 saturated heterocycles. The number of hydrogen-bond acceptors (Lipinski definition) is 3. The van der Waals surface area contributed by atoms with Crippen molar-refractivity contribution in [3.63, 3.8) is 0 Å². The van der Waals surface area contributed by atoms with E-state index < -0.39 is 6.61 Å². The minimum atomic E-state index is -2.92. The molecule has 0 unspecified atom stereocenters. The highest BCUT2D eigenvalue weighted by Crippen LogP contribution is 2.33. The van der Waals surface area contributed by atoms with Gasteiger partial charge in [0.1, 0.15) is 0 Å². The number of aromatic nitrogens is 1. The van der Waals surface area contributed by atoms with E-state index in [9.17, 15) is 8.78 Å². The monoisotopic (exact) mass is 327 g/mol. The highest BCUT2D eigenvalue weighted by Gasteiger charge is 2.13. The fourth-order valence-electron chi connectivity index (χ4n) is 2.39. The standard InChI is InChI=1S/C19H15F2NO2/c1-23-17-8-4-6-14(18(17)24-19(20)21)10-12-15-11-9-13-5-2-3-7-16(13)22-15/h2-12,19H,1H3. The van der Waals surface area contributed by atoms with Gasteiger partial charge in [-0.2, -0.15) is 8.78 Å². The number of halogens is 2. The van der Waals surface area contributed by atoms with Crippen molar-refractivity contribution >= 4 is 23.1 Å². The first-order valence-corrected chi connectivity index (χ1v) is 7.33. The van der Waals surface area contributed by atoms with Gasteiger partial charge in [0.2, 0.25) is 0 Å². The van der Waals surface area contributed by atoms with Gasteiger partial charge in [-0.3, -0.25) is 0 Å². The maximum Gasteiger partial charge on any atom is 0.387 e. The number of hydrogen-bond donors (Lipinski definition) is 0. The van der Waals surface area contributed by atoms with E-state index in [0.29, 0.717) is 5.56 Å². The third kappa shape index (κ3) is 3.51. The topological polar surface area (TPSA) is 31.4 Å². The molecule has 24 heavy (non-hydrogen) atoms. The highest BCUT2D eigenvalue weighted by atomic mass is 19.3. The lowest BCUT2D eigenvalue weighted by Crippen LogP contribution is -2.04. The van der Waals surface area contributed by atoms with E-state index in [-0.39, 0.29) is 11.5 Å². The summed E-state index contributed by atoms with van der Waals surface area (Å²) in [7, 11) is 1.41. The molecule has 0 bridgehead atoms. The Bertz CT molecular complexity index is 878. The molecule has 0 radical (unpaired) electrons. The molecule has 0 spiro atoms. The zero-order valence-electron chi connectivity index (χ0n) is 12.9. The van der Waals surface area contributed by atoms with E-state index in [1.807, 2.05) is 36.4 Å². The van der Waals surface area contributed by atoms with Crippen molar-refractivity contribution in [3.8, 4) is 11.5 Å². The Kier molecular flexibility index (Phi) is 4.70. The first kappa shape index (κ1) is 15.9. The Labute approximate surface area is 138 Å². The third-order valence-corrected chi connectivity index (χ3v) is 3.49. The Balaban J connectivity index is 1.95. The number of alkyl halides is 2. The molecule has 3 nitrogen and oxygen atoms in total. The molecule has 2 aromatic carbocycles. The molecule has 3 aromatic rings. The van der Waals surface area contributed by atoms with Gasteiger partial charge in [-0.25, -0.2) is 4.98 Å². The molecule has 1 aromatic heterocycles. The molecule has 122 valence electrons. The van der Waals surface area contributed by atoms with E-state index in [4.69, 9.17) is 4.74 Å². The zero-order valence-corrected chi connectivity index (χ0v) is 12.9. The molecule has 3 rings (SSSR count). The van der Waals surface area contributed by atoms with Crippen LogP contribution in [-0.4, -0.2) is 18.7 Å². The first-order valence-electron chi connectivity index (χ1n) is 7.33. The fourth-order valence-corrected chi connectivity index (χ4v) is 2.39. The average Bonchev–Trinajstić information content (AvgIpc) is 2.60. The van der Waals surface area contributed by atoms with E-state index in [1.165, 1.54) is 7.11 Å². The summed E-state index contributed by atoms with van der Waals surface area (Å²) < 4.78 is 35.0. The summed E-state index contributed by atoms with van der Waals surface area (Å²) in [5, 5.41) is 1.04. The number of pyridine rings is 1. The summed E-state index contributed by atoms with van der Waals surface area (Å²) in [6.45, 7) is -2.92. The van der Waals surface area contributed by atoms with Crippen molar-refractivity contribution in [1.82, 2.24) is 4.98 Å². The molecule has 0 aliphatic heterocycles. The van der Waals surface area contributed by atoms with Crippen LogP contribution in [0.2, 0.25) is 0 Å². The van der Waals surface area contributed by atoms with Crippen LogP contribution < -0.4 is 9.47 Å². The van der Waals surface area contributed by atoms with Crippen molar-refractivity contribution in [2.45, 2.75) is 6.61 Å². The summed E-state index contributed by atoms with van der Waals surface area (Å²) in [5.41, 5.74) is 2.08. The molecule has 5 heteroatoms. The number of methoxy groups -OCH3 is 1. The lowest BCUT2D eigenvalue weighted by Gasteiger charge is -2.12. The number of rotatable bonds is 5. The molecule has 0 amide bonds. The molecule has 0 fully saturated rings. The molecule has 1 heterocycles. The molecule has 0 aliphatic rings. The predicted molar refractivity (Wildman–Crippen MR) is 90.3 cm³/mol. The van der Waals surface area contributed by atoms with Crippen LogP contribution >= 0.6 is 0 Å². The van der Waals surface area contributed by atoms with Gasteiger partial charge in [0, 0.05) is 10.9 Å². The van der Waals surface area contributed by atoms with Crippen LogP contribution in [0.1, 0.15) is 11.3 Å². The molecular formula is C19H15F2NO2. The lowest BCUT2D eigenvalue weighted by atomic mass is 10.1. The van der Waals surface area contributed by atoms with Gasteiger partial charge in [0.25, 0.3) is 0 Å². The van der Waals surface area contributed by atoms with Gasteiger partial charge in [0.15, 0.2) is 11.5 Å². The quantitative estimate of drug-likeness (QED) is 0.660. The van der Waals surface area contributed by atoms with E-state index in [1.54, 1.807) is 30.4 Å². The van der Waals surface area contributed by atoms with Crippen molar-refractivity contribution in [3.05, 3.63) is 65.9 Å². The second-order valence-electron chi connectivity index (χ2n) is 5.02. The molecule has 0 saturated carbocycles. The Morgan fingerprint density at radius 3 is 2.58 bits per heavy atom. The first-order chi connectivity index (χ1) is 11.7. The number of fused-ring (bicyclic) bond motifs is 1. The third-order valence-electron chi connectivity index (χ3n) is 3.49. The predicted octanol–water partition coefficient (Wildman–Crippen LogP) is 5.02. The molecular weight excluding hydrogens is 312 g/mol. The van der Waals surface area contributed by atoms with Crippen molar-refractivity contribution in [2.75, 3.05) is 7.11 Å². The van der Waals surface area contributed by atoms with E-state index in [2.05, 4.69) is 9.72 Å². The van der Waals surface area contributed by atoms with E-state index in [0.717, 1.165) is 16.6 Å². The van der Waals surface area contributed by atoms with Crippen molar-refractivity contribution < 1.29 is 18.3 Å². The Morgan fingerprint density at radius 1 is 0.958 bits per heavy atom. The fraction of sp³-hybridized carbons (Fsp3) is 0.105. The van der Waals surface area contributed by atoms with Gasteiger partial charge in [0.05, 0.1) is 18.3 Å². The minimum Gasteiger partial charge on any atom is -0.493 e. The maximum absolute atomic E-state index is 12.6. The summed E-state index contributed by atoms with van der Waals surface area (Å²) in [5.74, 6) is 0.260. The van der Waals surface area contributed by atoms with Crippen molar-refractivity contribution in [2.24, 2.45) is 0 Å². The minimum absolute atomic E-state index is 0.00652. The number of benzene rings is 2. The van der Waals surface area contributed by atoms with Gasteiger partial charge in [-0.1, -0.05) is 36.4 Å². The van der Waals surface area contributed by atoms with Gasteiger partial charge >= 0.3 is 6.61 Å². The maximum atomic E-state index is 12.6. The van der Waals surface area contributed by atoms with Crippen molar-refractivity contribution in [1.29, 1.82) is 0 Å². The summed E-state index contributed by atoms with van der Waals surface area (Å²) in [6.07, 6.45) is 3.43. The Morgan fingerprint density at radius 2 is 1.79 bits per heavy atom. The van der Waals surface area contributed by atoms with Crippen LogP contribution in [0.5, 0.6) is 11.5 Å². The van der Waals surface area contributed by atoms with Crippen LogP contribution in [0.3, 0.4) is 0 Å². The Hall–Kier alpha value is -2.95. The smallest absolute Gasteiger partial charge is 0.387 e. The second-order valence-corrected chi connectivity index (χ2v) is 5.02. The molecule has 0 atom stereocenters. The number of para-hydroxylation sites is 2. The van der Waals surface area contributed by atoms with Gasteiger partial charge in [-0.15, -0.1) is 0 Å². The number of nitrogens with zero attached hydrogens (tertiary/aromatic N) is 1. The summed E-state index contributed by atoms with van der Waals surface area (Å²) >= 11 is 0. The summed E-state index contributed by atoms with van der Waals surface area (Å²) in [6, 6.07) is 16.6. The van der Waals surface area contributed by atoms with Crippen LogP contribution in [0.25, 0.3) is 23.1 Å². The van der Waals surface area contributed by atoms with Crippen LogP contribution in [0.15, 0.2) is 54.6 Å². The van der Waals surface area contributed by atoms with Crippen LogP contribution in [-0.2, 0) is 0 Å². The lowest BCUT2D eigenvalue weighted by molar-refractivity contribution is -0.0513. The highest BCUT2D eigenvalue weighted by molar-refractivity contribution is 5.81. The SMILES string of the molecule is COc1cccc(C=Cc2ccc3ccccc3n2)c1OC(F)F. The summed E-state index contributed by atoms with van der Waals surface area (Å²) in [4.78, 5) is 4.52. The van der Waals surface area contributed by atoms with Crippen LogP contribution in [0.4, 0.5) is 8.78 Å². The van der Waals surface area contributed by atoms with Crippen LogP contribution in [0, 0.1) is 0 Å². The molecule has 0 N–H and O–H groups in total. The van der Waals surface area contributed by atoms with Gasteiger partial charge < -0.3 is 9.47 Å². The average molecular weight is 327 g/mol. The second kappa shape index (κ2) is 7.08.